The summed E-state index contributed by atoms with van der Waals surface area (Å²) in [6.07, 6.45) is 0.910. The van der Waals surface area contributed by atoms with Crippen molar-refractivity contribution in [1.82, 2.24) is 0 Å². The normalized spacial score (nSPS) is 18.9. The topological polar surface area (TPSA) is 57.5 Å². The van der Waals surface area contributed by atoms with Gasteiger partial charge in [-0.25, -0.2) is 0 Å². The minimum absolute atomic E-state index is 0.0337. The molecule has 0 aromatic heterocycles. The summed E-state index contributed by atoms with van der Waals surface area (Å²) < 4.78 is 0. The lowest BCUT2D eigenvalue weighted by Crippen LogP contribution is -1.95. The van der Waals surface area contributed by atoms with Crippen molar-refractivity contribution in [3.63, 3.8) is 0 Å². The molecule has 3 heteroatoms. The number of carboxylic acids is 1. The molecular weight excluding hydrogens is 180 g/mol. The molecule has 0 fully saturated rings. The van der Waals surface area contributed by atoms with Crippen molar-refractivity contribution in [2.75, 3.05) is 0 Å². The van der Waals surface area contributed by atoms with E-state index in [1.54, 1.807) is 6.08 Å². The van der Waals surface area contributed by atoms with E-state index in [4.69, 9.17) is 5.11 Å². The second kappa shape index (κ2) is 3.27. The maximum atomic E-state index is 10.5. The number of aliphatic hydroxyl groups is 1. The molecule has 1 aliphatic carbocycles. The van der Waals surface area contributed by atoms with Crippen LogP contribution in [0.3, 0.4) is 0 Å². The number of aliphatic hydroxyl groups excluding tert-OH is 1. The second-order valence-corrected chi connectivity index (χ2v) is 3.29. The number of benzene rings is 1. The Morgan fingerprint density at radius 3 is 2.79 bits per heavy atom. The van der Waals surface area contributed by atoms with Gasteiger partial charge in [-0.2, -0.15) is 0 Å². The van der Waals surface area contributed by atoms with E-state index in [1.807, 2.05) is 24.3 Å². The van der Waals surface area contributed by atoms with Crippen LogP contribution < -0.4 is 0 Å². The summed E-state index contributed by atoms with van der Waals surface area (Å²) in [7, 11) is 0. The number of rotatable bonds is 2. The molecule has 1 aromatic carbocycles. The first kappa shape index (κ1) is 8.97. The van der Waals surface area contributed by atoms with Gasteiger partial charge in [0.25, 0.3) is 0 Å². The molecule has 14 heavy (non-hydrogen) atoms. The van der Waals surface area contributed by atoms with E-state index in [9.17, 15) is 9.90 Å². The first-order chi connectivity index (χ1) is 6.68. The maximum absolute atomic E-state index is 10.5. The Morgan fingerprint density at radius 1 is 1.36 bits per heavy atom. The predicted molar refractivity (Wildman–Crippen MR) is 51.6 cm³/mol. The summed E-state index contributed by atoms with van der Waals surface area (Å²) in [5.41, 5.74) is 2.34. The zero-order chi connectivity index (χ0) is 10.1. The fourth-order valence-electron chi connectivity index (χ4n) is 1.73. The standard InChI is InChI=1S/C11H10O3/c12-10-5-7(6-11(13)14)8-3-1-2-4-9(8)10/h1-5,10,12H,6H2,(H,13,14). The summed E-state index contributed by atoms with van der Waals surface area (Å²) in [6, 6.07) is 7.32. The van der Waals surface area contributed by atoms with Gasteiger partial charge in [0.1, 0.15) is 0 Å². The van der Waals surface area contributed by atoms with Crippen LogP contribution in [0.4, 0.5) is 0 Å². The Hall–Kier alpha value is -1.61. The molecule has 2 N–H and O–H groups in total. The van der Waals surface area contributed by atoms with E-state index in [0.717, 1.165) is 11.1 Å². The summed E-state index contributed by atoms with van der Waals surface area (Å²) in [4.78, 5) is 10.5. The van der Waals surface area contributed by atoms with Gasteiger partial charge < -0.3 is 10.2 Å². The van der Waals surface area contributed by atoms with Crippen molar-refractivity contribution in [3.05, 3.63) is 41.5 Å². The Morgan fingerprint density at radius 2 is 2.07 bits per heavy atom. The molecule has 1 unspecified atom stereocenters. The average molecular weight is 190 g/mol. The van der Waals surface area contributed by atoms with Crippen LogP contribution in [0, 0.1) is 0 Å². The van der Waals surface area contributed by atoms with Crippen molar-refractivity contribution in [2.24, 2.45) is 0 Å². The molecule has 0 aliphatic heterocycles. The molecule has 1 aromatic rings. The van der Waals surface area contributed by atoms with Crippen LogP contribution >= 0.6 is 0 Å². The van der Waals surface area contributed by atoms with Crippen molar-refractivity contribution < 1.29 is 15.0 Å². The van der Waals surface area contributed by atoms with Crippen LogP contribution in [0.1, 0.15) is 23.7 Å². The highest BCUT2D eigenvalue weighted by Crippen LogP contribution is 2.35. The summed E-state index contributed by atoms with van der Waals surface area (Å²) in [5.74, 6) is -0.875. The van der Waals surface area contributed by atoms with Gasteiger partial charge in [0.05, 0.1) is 12.5 Å². The predicted octanol–water partition coefficient (Wildman–Crippen LogP) is 1.59. The van der Waals surface area contributed by atoms with Crippen LogP contribution in [-0.4, -0.2) is 16.2 Å². The van der Waals surface area contributed by atoms with Crippen molar-refractivity contribution in [3.8, 4) is 0 Å². The summed E-state index contributed by atoms with van der Waals surface area (Å²) in [6.45, 7) is 0. The molecule has 1 aliphatic rings. The van der Waals surface area contributed by atoms with E-state index in [0.29, 0.717) is 5.57 Å². The first-order valence-electron chi connectivity index (χ1n) is 4.38. The molecule has 0 radical (unpaired) electrons. The third-order valence-corrected chi connectivity index (χ3v) is 2.33. The number of aliphatic carboxylic acids is 1. The molecular formula is C11H10O3. The van der Waals surface area contributed by atoms with Gasteiger partial charge in [0.2, 0.25) is 0 Å². The smallest absolute Gasteiger partial charge is 0.307 e. The van der Waals surface area contributed by atoms with Crippen molar-refractivity contribution in [2.45, 2.75) is 12.5 Å². The average Bonchev–Trinajstić information content (AvgIpc) is 2.44. The zero-order valence-corrected chi connectivity index (χ0v) is 7.47. The summed E-state index contributed by atoms with van der Waals surface area (Å²) >= 11 is 0. The lowest BCUT2D eigenvalue weighted by atomic mass is 10.0. The van der Waals surface area contributed by atoms with Crippen molar-refractivity contribution >= 4 is 11.5 Å². The quantitative estimate of drug-likeness (QED) is 0.744. The van der Waals surface area contributed by atoms with Gasteiger partial charge in [0, 0.05) is 0 Å². The molecule has 3 nitrogen and oxygen atoms in total. The number of hydrogen-bond donors (Lipinski definition) is 2. The lowest BCUT2D eigenvalue weighted by Gasteiger charge is -2.03. The molecule has 72 valence electrons. The molecule has 0 bridgehead atoms. The van der Waals surface area contributed by atoms with Crippen molar-refractivity contribution in [1.29, 1.82) is 0 Å². The van der Waals surface area contributed by atoms with E-state index in [2.05, 4.69) is 0 Å². The van der Waals surface area contributed by atoms with Gasteiger partial charge in [-0.15, -0.1) is 0 Å². The first-order valence-corrected chi connectivity index (χ1v) is 4.38. The Kier molecular flexibility index (Phi) is 2.09. The highest BCUT2D eigenvalue weighted by Gasteiger charge is 2.21. The van der Waals surface area contributed by atoms with Crippen LogP contribution in [0.25, 0.3) is 5.57 Å². The van der Waals surface area contributed by atoms with Gasteiger partial charge in [-0.05, 0) is 22.8 Å². The van der Waals surface area contributed by atoms with Gasteiger partial charge in [-0.1, -0.05) is 24.3 Å². The van der Waals surface area contributed by atoms with Gasteiger partial charge in [0.15, 0.2) is 0 Å². The summed E-state index contributed by atoms with van der Waals surface area (Å²) in [5, 5.41) is 18.3. The Labute approximate surface area is 81.3 Å². The highest BCUT2D eigenvalue weighted by molar-refractivity contribution is 5.87. The zero-order valence-electron chi connectivity index (χ0n) is 7.47. The van der Waals surface area contributed by atoms with Crippen LogP contribution in [0.5, 0.6) is 0 Å². The van der Waals surface area contributed by atoms with E-state index < -0.39 is 12.1 Å². The van der Waals surface area contributed by atoms with Crippen LogP contribution in [-0.2, 0) is 4.79 Å². The van der Waals surface area contributed by atoms with E-state index >= 15 is 0 Å². The third kappa shape index (κ3) is 1.42. The third-order valence-electron chi connectivity index (χ3n) is 2.33. The molecule has 0 spiro atoms. The minimum Gasteiger partial charge on any atom is -0.481 e. The number of fused-ring (bicyclic) bond motifs is 1. The Bertz CT molecular complexity index is 407. The largest absolute Gasteiger partial charge is 0.481 e. The van der Waals surface area contributed by atoms with Gasteiger partial charge >= 0.3 is 5.97 Å². The number of hydrogen-bond acceptors (Lipinski definition) is 2. The lowest BCUT2D eigenvalue weighted by molar-refractivity contribution is -0.135. The fraction of sp³-hybridized carbons (Fsp3) is 0.182. The Balaban J connectivity index is 2.38. The molecule has 0 amide bonds. The molecule has 0 saturated carbocycles. The van der Waals surface area contributed by atoms with E-state index in [-0.39, 0.29) is 6.42 Å². The molecule has 2 rings (SSSR count). The SMILES string of the molecule is O=C(O)CC1=CC(O)c2ccccc21. The highest BCUT2D eigenvalue weighted by atomic mass is 16.4. The molecule has 0 heterocycles. The van der Waals surface area contributed by atoms with Crippen LogP contribution in [0.2, 0.25) is 0 Å². The maximum Gasteiger partial charge on any atom is 0.307 e. The van der Waals surface area contributed by atoms with E-state index in [1.165, 1.54) is 0 Å². The monoisotopic (exact) mass is 190 g/mol. The minimum atomic E-state index is -0.875. The van der Waals surface area contributed by atoms with Crippen LogP contribution in [0.15, 0.2) is 30.3 Å². The second-order valence-electron chi connectivity index (χ2n) is 3.29. The number of carbonyl (C=O) groups is 1. The fourth-order valence-corrected chi connectivity index (χ4v) is 1.73. The van der Waals surface area contributed by atoms with Gasteiger partial charge in [-0.3, -0.25) is 4.79 Å². The molecule has 0 saturated heterocycles. The number of carboxylic acid groups (broad SMARTS) is 1. The molecule has 1 atom stereocenters.